The molecule has 0 spiro atoms. The molecule has 2 saturated carbocycles. The van der Waals surface area contributed by atoms with Crippen molar-refractivity contribution in [2.24, 2.45) is 16.7 Å². The molecule has 0 radical (unpaired) electrons. The van der Waals surface area contributed by atoms with Gasteiger partial charge in [0.25, 0.3) is 0 Å². The van der Waals surface area contributed by atoms with Crippen LogP contribution in [0, 0.1) is 16.7 Å². The number of fused-ring (bicyclic) bond motifs is 2. The Labute approximate surface area is 120 Å². The van der Waals surface area contributed by atoms with Crippen molar-refractivity contribution in [3.05, 3.63) is 36.0 Å². The van der Waals surface area contributed by atoms with E-state index in [9.17, 15) is 4.79 Å². The van der Waals surface area contributed by atoms with Crippen molar-refractivity contribution in [1.82, 2.24) is 0 Å². The third-order valence-electron chi connectivity index (χ3n) is 5.67. The van der Waals surface area contributed by atoms with E-state index in [0.29, 0.717) is 11.7 Å². The number of nitrogen functional groups attached to an aromatic ring is 1. The van der Waals surface area contributed by atoms with Crippen LogP contribution in [0.4, 0.5) is 11.4 Å². The standard InChI is InChI=1S/C17H22N2O/c1-16(2)14-8-9-17(16,3)15(20)13(14)10-19-12-6-4-11(18)5-7-12/h4-7,10,14,19H,8-9,18H2,1-3H3/b13-10+. The fraction of sp³-hybridized carbons (Fsp3) is 0.471. The first kappa shape index (κ1) is 13.2. The number of nitrogens with one attached hydrogen (secondary N) is 1. The molecule has 2 fully saturated rings. The van der Waals surface area contributed by atoms with E-state index >= 15 is 0 Å². The summed E-state index contributed by atoms with van der Waals surface area (Å²) >= 11 is 0. The average molecular weight is 270 g/mol. The van der Waals surface area contributed by atoms with Gasteiger partial charge >= 0.3 is 0 Å². The van der Waals surface area contributed by atoms with Gasteiger partial charge < -0.3 is 11.1 Å². The Hall–Kier alpha value is -1.77. The predicted octanol–water partition coefficient (Wildman–Crippen LogP) is 3.59. The van der Waals surface area contributed by atoms with Crippen molar-refractivity contribution in [3.63, 3.8) is 0 Å². The Morgan fingerprint density at radius 1 is 1.25 bits per heavy atom. The molecule has 20 heavy (non-hydrogen) atoms. The van der Waals surface area contributed by atoms with Gasteiger partial charge in [0.2, 0.25) is 0 Å². The highest BCUT2D eigenvalue weighted by Gasteiger charge is 2.63. The summed E-state index contributed by atoms with van der Waals surface area (Å²) in [5, 5.41) is 3.25. The summed E-state index contributed by atoms with van der Waals surface area (Å²) in [5.41, 5.74) is 8.22. The summed E-state index contributed by atoms with van der Waals surface area (Å²) in [4.78, 5) is 12.7. The topological polar surface area (TPSA) is 55.1 Å². The zero-order chi connectivity index (χ0) is 14.5. The van der Waals surface area contributed by atoms with E-state index in [-0.39, 0.29) is 10.8 Å². The van der Waals surface area contributed by atoms with Crippen LogP contribution in [0.3, 0.4) is 0 Å². The lowest BCUT2D eigenvalue weighted by Gasteiger charge is -2.31. The molecule has 2 aliphatic carbocycles. The quantitative estimate of drug-likeness (QED) is 0.638. The predicted molar refractivity (Wildman–Crippen MR) is 82.2 cm³/mol. The van der Waals surface area contributed by atoms with Crippen molar-refractivity contribution in [2.45, 2.75) is 33.6 Å². The minimum atomic E-state index is -0.188. The molecule has 0 aromatic heterocycles. The van der Waals surface area contributed by atoms with Gasteiger partial charge in [-0.25, -0.2) is 0 Å². The van der Waals surface area contributed by atoms with Crippen LogP contribution in [-0.4, -0.2) is 5.78 Å². The lowest BCUT2D eigenvalue weighted by Crippen LogP contribution is -2.32. The smallest absolute Gasteiger partial charge is 0.167 e. The van der Waals surface area contributed by atoms with Gasteiger partial charge in [-0.3, -0.25) is 4.79 Å². The fourth-order valence-corrected chi connectivity index (χ4v) is 3.83. The Balaban J connectivity index is 1.87. The molecule has 0 aliphatic heterocycles. The number of anilines is 2. The number of hydrogen-bond acceptors (Lipinski definition) is 3. The molecule has 3 nitrogen and oxygen atoms in total. The SMILES string of the molecule is CC12CCC(/C(=C\Nc3ccc(N)cc3)C1=O)C2(C)C. The fourth-order valence-electron chi connectivity index (χ4n) is 3.83. The molecule has 2 bridgehead atoms. The number of Topliss-reactive ketones (excluding diaryl/α,β-unsaturated/α-hetero) is 1. The largest absolute Gasteiger partial charge is 0.399 e. The minimum Gasteiger partial charge on any atom is -0.399 e. The number of carbonyl (C=O) groups excluding carboxylic acids is 1. The number of nitrogens with two attached hydrogens (primary N) is 1. The maximum Gasteiger partial charge on any atom is 0.167 e. The van der Waals surface area contributed by atoms with Gasteiger partial charge in [-0.1, -0.05) is 20.8 Å². The average Bonchev–Trinajstić information content (AvgIpc) is 2.71. The Morgan fingerprint density at radius 3 is 2.45 bits per heavy atom. The minimum absolute atomic E-state index is 0.0682. The number of rotatable bonds is 2. The van der Waals surface area contributed by atoms with Gasteiger partial charge in [0.15, 0.2) is 5.78 Å². The Kier molecular flexibility index (Phi) is 2.72. The summed E-state index contributed by atoms with van der Waals surface area (Å²) in [6.07, 6.45) is 4.04. The van der Waals surface area contributed by atoms with E-state index in [1.165, 1.54) is 0 Å². The van der Waals surface area contributed by atoms with Gasteiger partial charge in [-0.15, -0.1) is 0 Å². The molecule has 3 rings (SSSR count). The highest BCUT2D eigenvalue weighted by molar-refractivity contribution is 6.04. The molecule has 1 aromatic rings. The number of allylic oxidation sites excluding steroid dienone is 1. The third kappa shape index (κ3) is 1.62. The highest BCUT2D eigenvalue weighted by atomic mass is 16.1. The molecule has 106 valence electrons. The van der Waals surface area contributed by atoms with E-state index in [1.807, 2.05) is 30.5 Å². The van der Waals surface area contributed by atoms with Crippen molar-refractivity contribution in [2.75, 3.05) is 11.1 Å². The molecular weight excluding hydrogens is 248 g/mol. The van der Waals surface area contributed by atoms with Crippen LogP contribution in [0.2, 0.25) is 0 Å². The highest BCUT2D eigenvalue weighted by Crippen LogP contribution is 2.65. The molecule has 3 N–H and O–H groups in total. The first-order valence-corrected chi connectivity index (χ1v) is 7.23. The van der Waals surface area contributed by atoms with Crippen LogP contribution in [0.5, 0.6) is 0 Å². The van der Waals surface area contributed by atoms with Gasteiger partial charge in [0.05, 0.1) is 0 Å². The number of carbonyl (C=O) groups is 1. The summed E-state index contributed by atoms with van der Waals surface area (Å²) in [7, 11) is 0. The van der Waals surface area contributed by atoms with E-state index in [4.69, 9.17) is 5.73 Å². The summed E-state index contributed by atoms with van der Waals surface area (Å²) in [6, 6.07) is 7.57. The number of hydrogen-bond donors (Lipinski definition) is 2. The molecule has 1 aromatic carbocycles. The van der Waals surface area contributed by atoms with Gasteiger partial charge in [-0.05, 0) is 48.4 Å². The van der Waals surface area contributed by atoms with E-state index < -0.39 is 0 Å². The molecule has 0 heterocycles. The van der Waals surface area contributed by atoms with Gasteiger partial charge in [0.1, 0.15) is 0 Å². The Bertz CT molecular complexity index is 586. The monoisotopic (exact) mass is 270 g/mol. The molecule has 0 saturated heterocycles. The maximum atomic E-state index is 12.7. The summed E-state index contributed by atoms with van der Waals surface area (Å²) in [5.74, 6) is 0.697. The van der Waals surface area contributed by atoms with Crippen LogP contribution in [0.15, 0.2) is 36.0 Å². The van der Waals surface area contributed by atoms with E-state index in [2.05, 4.69) is 26.1 Å². The molecule has 2 unspecified atom stereocenters. The maximum absolute atomic E-state index is 12.7. The van der Waals surface area contributed by atoms with Crippen molar-refractivity contribution in [3.8, 4) is 0 Å². The van der Waals surface area contributed by atoms with Gasteiger partial charge in [-0.2, -0.15) is 0 Å². The molecule has 2 atom stereocenters. The molecule has 0 amide bonds. The second-order valence-corrected chi connectivity index (χ2v) is 6.84. The number of benzene rings is 1. The van der Waals surface area contributed by atoms with Crippen LogP contribution < -0.4 is 11.1 Å². The van der Waals surface area contributed by atoms with Crippen LogP contribution >= 0.6 is 0 Å². The normalized spacial score (nSPS) is 32.9. The van der Waals surface area contributed by atoms with Crippen molar-refractivity contribution < 1.29 is 4.79 Å². The van der Waals surface area contributed by atoms with Gasteiger partial charge in [0, 0.05) is 28.6 Å². The zero-order valence-electron chi connectivity index (χ0n) is 12.4. The lowest BCUT2D eigenvalue weighted by molar-refractivity contribution is -0.125. The molecule has 2 aliphatic rings. The number of ketones is 1. The molecule has 3 heteroatoms. The Morgan fingerprint density at radius 2 is 1.90 bits per heavy atom. The van der Waals surface area contributed by atoms with Crippen LogP contribution in [0.25, 0.3) is 0 Å². The first-order valence-electron chi connectivity index (χ1n) is 7.23. The van der Waals surface area contributed by atoms with Crippen LogP contribution in [0.1, 0.15) is 33.6 Å². The second kappa shape index (κ2) is 4.11. The summed E-state index contributed by atoms with van der Waals surface area (Å²) in [6.45, 7) is 6.58. The second-order valence-electron chi connectivity index (χ2n) is 6.84. The van der Waals surface area contributed by atoms with Crippen molar-refractivity contribution in [1.29, 1.82) is 0 Å². The van der Waals surface area contributed by atoms with E-state index in [0.717, 1.165) is 29.8 Å². The van der Waals surface area contributed by atoms with Crippen molar-refractivity contribution >= 4 is 17.2 Å². The summed E-state index contributed by atoms with van der Waals surface area (Å²) < 4.78 is 0. The zero-order valence-corrected chi connectivity index (χ0v) is 12.4. The lowest BCUT2D eigenvalue weighted by atomic mass is 9.70. The van der Waals surface area contributed by atoms with E-state index in [1.54, 1.807) is 0 Å². The molecular formula is C17H22N2O. The third-order valence-corrected chi connectivity index (χ3v) is 5.67. The van der Waals surface area contributed by atoms with Crippen LogP contribution in [-0.2, 0) is 4.79 Å². The first-order chi connectivity index (χ1) is 9.36.